The second-order valence-corrected chi connectivity index (χ2v) is 10.7. The molecule has 5 rings (SSSR count). The zero-order valence-electron chi connectivity index (χ0n) is 23.3. The standard InChI is InChI=1S/C31H34N4O5/c1-5-38-29(36)28-27-26(33-35(28)22-11-13-24(14-12-22)39-23-9-7-6-8-10-23)25(15-18-32-27)21-16-19-34(20-17-21)30(37)40-31(2,3)4/h6-15,18,21H,5,16-17,19-20H2,1-4H3. The molecule has 1 aliphatic heterocycles. The molecule has 0 N–H and O–H groups in total. The number of hydrogen-bond acceptors (Lipinski definition) is 7. The first-order valence-electron chi connectivity index (χ1n) is 13.6. The van der Waals surface area contributed by atoms with E-state index in [1.807, 2.05) is 81.4 Å². The molecule has 208 valence electrons. The minimum atomic E-state index is -0.534. The fourth-order valence-corrected chi connectivity index (χ4v) is 4.88. The molecular formula is C31H34N4O5. The third-order valence-electron chi connectivity index (χ3n) is 6.71. The lowest BCUT2D eigenvalue weighted by Gasteiger charge is -2.33. The lowest BCUT2D eigenvalue weighted by molar-refractivity contribution is 0.0204. The van der Waals surface area contributed by atoms with Crippen LogP contribution >= 0.6 is 0 Å². The van der Waals surface area contributed by atoms with Gasteiger partial charge in [0.25, 0.3) is 0 Å². The van der Waals surface area contributed by atoms with E-state index in [-0.39, 0.29) is 24.3 Å². The average molecular weight is 543 g/mol. The minimum absolute atomic E-state index is 0.157. The molecule has 0 bridgehead atoms. The lowest BCUT2D eigenvalue weighted by atomic mass is 9.89. The molecule has 9 heteroatoms. The van der Waals surface area contributed by atoms with Gasteiger partial charge in [0.05, 0.1) is 12.3 Å². The zero-order valence-corrected chi connectivity index (χ0v) is 23.3. The van der Waals surface area contributed by atoms with E-state index in [9.17, 15) is 9.59 Å². The largest absolute Gasteiger partial charge is 0.461 e. The van der Waals surface area contributed by atoms with Gasteiger partial charge >= 0.3 is 12.1 Å². The van der Waals surface area contributed by atoms with Crippen molar-refractivity contribution in [2.75, 3.05) is 19.7 Å². The fraction of sp³-hybridized carbons (Fsp3) is 0.355. The molecule has 2 aromatic carbocycles. The van der Waals surface area contributed by atoms with Gasteiger partial charge in [-0.25, -0.2) is 14.3 Å². The topological polar surface area (TPSA) is 95.8 Å². The van der Waals surface area contributed by atoms with Crippen LogP contribution < -0.4 is 4.74 Å². The number of pyridine rings is 1. The highest BCUT2D eigenvalue weighted by atomic mass is 16.6. The summed E-state index contributed by atoms with van der Waals surface area (Å²) in [7, 11) is 0. The van der Waals surface area contributed by atoms with E-state index in [0.717, 1.165) is 24.2 Å². The monoisotopic (exact) mass is 542 g/mol. The van der Waals surface area contributed by atoms with Crippen molar-refractivity contribution in [2.24, 2.45) is 0 Å². The molecule has 0 radical (unpaired) electrons. The predicted octanol–water partition coefficient (Wildman–Crippen LogP) is 6.50. The van der Waals surface area contributed by atoms with Crippen LogP contribution in [0.4, 0.5) is 4.79 Å². The van der Waals surface area contributed by atoms with Gasteiger partial charge in [-0.05, 0) is 94.5 Å². The second-order valence-electron chi connectivity index (χ2n) is 10.7. The molecule has 1 saturated heterocycles. The highest BCUT2D eigenvalue weighted by Crippen LogP contribution is 2.34. The van der Waals surface area contributed by atoms with Gasteiger partial charge in [0.2, 0.25) is 0 Å². The van der Waals surface area contributed by atoms with E-state index < -0.39 is 11.6 Å². The smallest absolute Gasteiger partial charge is 0.410 e. The van der Waals surface area contributed by atoms with E-state index in [2.05, 4.69) is 4.98 Å². The highest BCUT2D eigenvalue weighted by molar-refractivity contribution is 6.02. The number of esters is 1. The number of likely N-dealkylation sites (tertiary alicyclic amines) is 1. The summed E-state index contributed by atoms with van der Waals surface area (Å²) in [5.74, 6) is 1.07. The Bertz CT molecular complexity index is 1480. The molecule has 0 atom stereocenters. The molecule has 0 spiro atoms. The second kappa shape index (κ2) is 11.4. The fourth-order valence-electron chi connectivity index (χ4n) is 4.88. The number of aromatic nitrogens is 3. The lowest BCUT2D eigenvalue weighted by Crippen LogP contribution is -2.41. The van der Waals surface area contributed by atoms with Crippen LogP contribution in [0.2, 0.25) is 0 Å². The van der Waals surface area contributed by atoms with Crippen LogP contribution in [-0.2, 0) is 9.47 Å². The maximum atomic E-state index is 13.1. The van der Waals surface area contributed by atoms with Gasteiger partial charge in [-0.3, -0.25) is 4.98 Å². The molecule has 40 heavy (non-hydrogen) atoms. The van der Waals surface area contributed by atoms with Crippen molar-refractivity contribution in [3.8, 4) is 17.2 Å². The Morgan fingerprint density at radius 2 is 1.60 bits per heavy atom. The van der Waals surface area contributed by atoms with Crippen LogP contribution in [0, 0.1) is 0 Å². The van der Waals surface area contributed by atoms with Crippen LogP contribution in [0.3, 0.4) is 0 Å². The molecule has 3 heterocycles. The van der Waals surface area contributed by atoms with Gasteiger partial charge in [0, 0.05) is 19.3 Å². The minimum Gasteiger partial charge on any atom is -0.461 e. The van der Waals surface area contributed by atoms with Crippen LogP contribution in [0.25, 0.3) is 16.7 Å². The summed E-state index contributed by atoms with van der Waals surface area (Å²) in [5.41, 5.74) is 2.59. The summed E-state index contributed by atoms with van der Waals surface area (Å²) in [5, 5.41) is 4.88. The Hall–Kier alpha value is -4.40. The molecule has 9 nitrogen and oxygen atoms in total. The third kappa shape index (κ3) is 5.93. The first kappa shape index (κ1) is 27.2. The van der Waals surface area contributed by atoms with Crippen molar-refractivity contribution in [3.05, 3.63) is 78.1 Å². The third-order valence-corrected chi connectivity index (χ3v) is 6.71. The van der Waals surface area contributed by atoms with Gasteiger partial charge in [-0.15, -0.1) is 0 Å². The van der Waals surface area contributed by atoms with Crippen LogP contribution in [0.5, 0.6) is 11.5 Å². The van der Waals surface area contributed by atoms with Crippen molar-refractivity contribution < 1.29 is 23.8 Å². The number of benzene rings is 2. The Labute approximate surface area is 233 Å². The van der Waals surface area contributed by atoms with Gasteiger partial charge in [-0.1, -0.05) is 18.2 Å². The average Bonchev–Trinajstić information content (AvgIpc) is 3.33. The van der Waals surface area contributed by atoms with Crippen LogP contribution in [0.1, 0.15) is 62.5 Å². The molecule has 4 aromatic rings. The maximum Gasteiger partial charge on any atom is 0.410 e. The predicted molar refractivity (Wildman–Crippen MR) is 151 cm³/mol. The Morgan fingerprint density at radius 1 is 0.925 bits per heavy atom. The van der Waals surface area contributed by atoms with Crippen molar-refractivity contribution in [1.82, 2.24) is 19.7 Å². The van der Waals surface area contributed by atoms with Crippen LogP contribution in [-0.4, -0.2) is 57.0 Å². The highest BCUT2D eigenvalue weighted by Gasteiger charge is 2.30. The molecule has 0 aliphatic carbocycles. The summed E-state index contributed by atoms with van der Waals surface area (Å²) in [4.78, 5) is 32.0. The van der Waals surface area contributed by atoms with E-state index in [0.29, 0.717) is 35.6 Å². The van der Waals surface area contributed by atoms with Crippen molar-refractivity contribution >= 4 is 23.1 Å². The molecular weight excluding hydrogens is 508 g/mol. The number of para-hydroxylation sites is 1. The summed E-state index contributed by atoms with van der Waals surface area (Å²) >= 11 is 0. The molecule has 1 fully saturated rings. The Morgan fingerprint density at radius 3 is 2.25 bits per heavy atom. The van der Waals surface area contributed by atoms with E-state index in [4.69, 9.17) is 19.3 Å². The number of rotatable bonds is 6. The van der Waals surface area contributed by atoms with Gasteiger partial charge in [-0.2, -0.15) is 5.10 Å². The SMILES string of the molecule is CCOC(=O)c1c2nccc(C3CCN(C(=O)OC(C)(C)C)CC3)c2nn1-c1ccc(Oc2ccccc2)cc1. The number of carbonyl (C=O) groups is 2. The number of piperidine rings is 1. The number of hydrogen-bond donors (Lipinski definition) is 0. The first-order valence-corrected chi connectivity index (χ1v) is 13.6. The zero-order chi connectivity index (χ0) is 28.3. The summed E-state index contributed by atoms with van der Waals surface area (Å²) < 4.78 is 18.5. The van der Waals surface area contributed by atoms with Gasteiger partial charge in [0.15, 0.2) is 5.69 Å². The van der Waals surface area contributed by atoms with Crippen molar-refractivity contribution in [1.29, 1.82) is 0 Å². The van der Waals surface area contributed by atoms with Crippen molar-refractivity contribution in [2.45, 2.75) is 52.1 Å². The molecule has 1 amide bonds. The Kier molecular flexibility index (Phi) is 7.73. The number of nitrogens with zero attached hydrogens (tertiary/aromatic N) is 4. The summed E-state index contributed by atoms with van der Waals surface area (Å²) in [6.07, 6.45) is 2.93. The molecule has 0 saturated carbocycles. The first-order chi connectivity index (χ1) is 19.2. The number of ether oxygens (including phenoxy) is 3. The maximum absolute atomic E-state index is 13.1. The normalized spacial score (nSPS) is 14.2. The summed E-state index contributed by atoms with van der Waals surface area (Å²) in [6.45, 7) is 8.77. The summed E-state index contributed by atoms with van der Waals surface area (Å²) in [6, 6.07) is 18.9. The number of amides is 1. The van der Waals surface area contributed by atoms with E-state index in [1.165, 1.54) is 0 Å². The molecule has 0 unspecified atom stereocenters. The van der Waals surface area contributed by atoms with E-state index in [1.54, 1.807) is 22.7 Å². The quantitative estimate of drug-likeness (QED) is 0.257. The molecule has 2 aromatic heterocycles. The van der Waals surface area contributed by atoms with E-state index >= 15 is 0 Å². The van der Waals surface area contributed by atoms with Gasteiger partial charge in [0.1, 0.15) is 28.1 Å². The number of carbonyl (C=O) groups excluding carboxylic acids is 2. The van der Waals surface area contributed by atoms with Crippen molar-refractivity contribution in [3.63, 3.8) is 0 Å². The Balaban J connectivity index is 1.44. The van der Waals surface area contributed by atoms with Crippen LogP contribution in [0.15, 0.2) is 66.9 Å². The number of fused-ring (bicyclic) bond motifs is 1. The van der Waals surface area contributed by atoms with Gasteiger partial charge < -0.3 is 19.1 Å². The molecule has 1 aliphatic rings.